The Balaban J connectivity index is 0.000000449. The second-order valence-corrected chi connectivity index (χ2v) is 13.4. The van der Waals surface area contributed by atoms with Crippen LogP contribution in [-0.2, 0) is 38.1 Å². The van der Waals surface area contributed by atoms with Crippen molar-refractivity contribution in [2.24, 2.45) is 21.8 Å². The maximum atomic E-state index is 12.2. The molecule has 14 heteroatoms. The molecule has 14 nitrogen and oxygen atoms in total. The number of carbonyl (C=O) groups is 4. The summed E-state index contributed by atoms with van der Waals surface area (Å²) >= 11 is 0. The van der Waals surface area contributed by atoms with Gasteiger partial charge in [-0.2, -0.15) is 0 Å². The molecule has 0 radical (unpaired) electrons. The Morgan fingerprint density at radius 3 is 1.91 bits per heavy atom. The summed E-state index contributed by atoms with van der Waals surface area (Å²) < 4.78 is 20.2. The number of amides is 2. The van der Waals surface area contributed by atoms with E-state index in [1.54, 1.807) is 4.90 Å². The lowest BCUT2D eigenvalue weighted by molar-refractivity contribution is -0.150. The number of piperidine rings is 2. The highest BCUT2D eigenvalue weighted by Crippen LogP contribution is 2.18. The lowest BCUT2D eigenvalue weighted by Crippen LogP contribution is -2.44. The summed E-state index contributed by atoms with van der Waals surface area (Å²) in [6.45, 7) is 17.7. The standard InChI is InChI=1S/C21H35N3O4.C8H15NO2.C8H11NO.C5H9NO/c1-4-7-8-9-19(25)22-12-15-24(20(26)5-2)17-16-23-13-10-18(11-14-23)21(27)28-6-3;1-2-11-8(10)7-3-5-9-6-4-7;1-2-3-4-5-8-9-6-7-10-8;1-2-5-6-3-4-7-5/h1,18H,5-17H2,2-3H3,(H,22,25);7,9H,2-6H2,1H3;1H,3-7H2;2-4H2,1H3. The number of aliphatic imine (C=N–C) groups is 2. The number of carbonyl (C=O) groups excluding carboxylic acids is 4. The fourth-order valence-electron chi connectivity index (χ4n) is 6.05. The second-order valence-electron chi connectivity index (χ2n) is 13.4. The average Bonchev–Trinajstić information content (AvgIpc) is 3.96. The Kier molecular flexibility index (Phi) is 29.4. The summed E-state index contributed by atoms with van der Waals surface area (Å²) in [5.74, 6) is 6.99. The van der Waals surface area contributed by atoms with Gasteiger partial charge in [0.2, 0.25) is 11.8 Å². The zero-order valence-electron chi connectivity index (χ0n) is 34.7. The SMILES string of the molecule is C#CCCCC(=O)NCCN(CCN1CCC(C(=O)OCC)CC1)C(=O)CC.C#CCCCC1=NCCO1.CCC1=NCCO1.CCOC(=O)C1CCNCC1. The van der Waals surface area contributed by atoms with Crippen molar-refractivity contribution in [3.63, 3.8) is 0 Å². The van der Waals surface area contributed by atoms with E-state index in [2.05, 4.69) is 37.4 Å². The first-order valence-electron chi connectivity index (χ1n) is 20.7. The molecule has 0 saturated carbocycles. The van der Waals surface area contributed by atoms with E-state index in [1.165, 1.54) is 0 Å². The van der Waals surface area contributed by atoms with Crippen molar-refractivity contribution in [2.45, 2.75) is 105 Å². The molecule has 56 heavy (non-hydrogen) atoms. The lowest BCUT2D eigenvalue weighted by Gasteiger charge is -2.32. The third-order valence-corrected chi connectivity index (χ3v) is 9.25. The number of esters is 2. The molecule has 4 rings (SSSR count). The minimum Gasteiger partial charge on any atom is -0.479 e. The smallest absolute Gasteiger partial charge is 0.309 e. The summed E-state index contributed by atoms with van der Waals surface area (Å²) in [5.41, 5.74) is 0. The number of ether oxygens (including phenoxy) is 4. The summed E-state index contributed by atoms with van der Waals surface area (Å²) in [6.07, 6.45) is 19.5. The third kappa shape index (κ3) is 23.7. The first-order chi connectivity index (χ1) is 27.2. The second kappa shape index (κ2) is 33.0. The number of rotatable bonds is 18. The highest BCUT2D eigenvalue weighted by atomic mass is 16.5. The Labute approximate surface area is 336 Å². The summed E-state index contributed by atoms with van der Waals surface area (Å²) in [5, 5.41) is 6.06. The van der Waals surface area contributed by atoms with E-state index in [4.69, 9.17) is 31.8 Å². The van der Waals surface area contributed by atoms with E-state index in [0.29, 0.717) is 58.5 Å². The number of nitrogens with zero attached hydrogens (tertiary/aromatic N) is 4. The largest absolute Gasteiger partial charge is 0.479 e. The fourth-order valence-corrected chi connectivity index (χ4v) is 6.05. The zero-order valence-corrected chi connectivity index (χ0v) is 34.7. The van der Waals surface area contributed by atoms with Crippen LogP contribution in [0.2, 0.25) is 0 Å². The predicted octanol–water partition coefficient (Wildman–Crippen LogP) is 4.01. The van der Waals surface area contributed by atoms with Gasteiger partial charge in [-0.25, -0.2) is 0 Å². The summed E-state index contributed by atoms with van der Waals surface area (Å²) in [7, 11) is 0. The number of likely N-dealkylation sites (tertiary alicyclic amines) is 1. The number of hydrogen-bond acceptors (Lipinski definition) is 12. The molecular formula is C42H70N6O8. The number of terminal acetylenes is 2. The first-order valence-corrected chi connectivity index (χ1v) is 20.7. The quantitative estimate of drug-likeness (QED) is 0.118. The Hall–Kier alpha value is -4.14. The maximum absolute atomic E-state index is 12.2. The molecule has 2 amide bonds. The molecule has 4 aliphatic rings. The van der Waals surface area contributed by atoms with Gasteiger partial charge < -0.3 is 39.4 Å². The van der Waals surface area contributed by atoms with Crippen LogP contribution in [0, 0.1) is 36.5 Å². The third-order valence-electron chi connectivity index (χ3n) is 9.25. The first kappa shape index (κ1) is 49.9. The lowest BCUT2D eigenvalue weighted by atomic mass is 9.97. The Bertz CT molecular complexity index is 1260. The molecule has 316 valence electrons. The number of nitrogens with one attached hydrogen (secondary N) is 2. The molecule has 0 unspecified atom stereocenters. The molecule has 0 spiro atoms. The molecule has 0 aromatic carbocycles. The molecule has 2 fully saturated rings. The van der Waals surface area contributed by atoms with Crippen LogP contribution >= 0.6 is 0 Å². The summed E-state index contributed by atoms with van der Waals surface area (Å²) in [4.78, 5) is 59.2. The average molecular weight is 787 g/mol. The van der Waals surface area contributed by atoms with E-state index in [0.717, 1.165) is 122 Å². The van der Waals surface area contributed by atoms with E-state index in [1.807, 2.05) is 27.7 Å². The monoisotopic (exact) mass is 787 g/mol. The van der Waals surface area contributed by atoms with Crippen LogP contribution in [0.1, 0.15) is 105 Å². The molecule has 0 aromatic rings. The molecule has 2 saturated heterocycles. The van der Waals surface area contributed by atoms with Crippen molar-refractivity contribution >= 4 is 35.5 Å². The molecule has 2 N–H and O–H groups in total. The van der Waals surface area contributed by atoms with Gasteiger partial charge in [0.05, 0.1) is 38.1 Å². The molecular weight excluding hydrogens is 716 g/mol. The molecule has 0 bridgehead atoms. The van der Waals surface area contributed by atoms with Gasteiger partial charge in [0.25, 0.3) is 0 Å². The van der Waals surface area contributed by atoms with E-state index < -0.39 is 0 Å². The highest BCUT2D eigenvalue weighted by molar-refractivity contribution is 5.78. The number of unbranched alkanes of at least 4 members (excludes halogenated alkanes) is 2. The van der Waals surface area contributed by atoms with Crippen molar-refractivity contribution < 1.29 is 38.1 Å². The van der Waals surface area contributed by atoms with Crippen LogP contribution in [0.25, 0.3) is 0 Å². The van der Waals surface area contributed by atoms with Crippen LogP contribution in [0.4, 0.5) is 0 Å². The van der Waals surface area contributed by atoms with Gasteiger partial charge in [0, 0.05) is 64.7 Å². The highest BCUT2D eigenvalue weighted by Gasteiger charge is 2.26. The van der Waals surface area contributed by atoms with Gasteiger partial charge in [0.1, 0.15) is 13.2 Å². The van der Waals surface area contributed by atoms with Crippen LogP contribution in [0.3, 0.4) is 0 Å². The van der Waals surface area contributed by atoms with E-state index >= 15 is 0 Å². The minimum absolute atomic E-state index is 0.00531. The van der Waals surface area contributed by atoms with Gasteiger partial charge in [-0.3, -0.25) is 29.2 Å². The van der Waals surface area contributed by atoms with Gasteiger partial charge in [0.15, 0.2) is 11.8 Å². The fraction of sp³-hybridized carbons (Fsp3) is 0.762. The van der Waals surface area contributed by atoms with Gasteiger partial charge >= 0.3 is 11.9 Å². The van der Waals surface area contributed by atoms with Crippen LogP contribution in [0.15, 0.2) is 9.98 Å². The topological polar surface area (TPSA) is 160 Å². The van der Waals surface area contributed by atoms with Crippen molar-refractivity contribution in [3.05, 3.63) is 0 Å². The van der Waals surface area contributed by atoms with Crippen molar-refractivity contribution in [2.75, 3.05) is 91.9 Å². The Morgan fingerprint density at radius 1 is 0.839 bits per heavy atom. The summed E-state index contributed by atoms with van der Waals surface area (Å²) in [6, 6.07) is 0. The molecule has 0 atom stereocenters. The Morgan fingerprint density at radius 2 is 1.41 bits per heavy atom. The van der Waals surface area contributed by atoms with Crippen LogP contribution in [-0.4, -0.2) is 137 Å². The van der Waals surface area contributed by atoms with E-state index in [9.17, 15) is 19.2 Å². The van der Waals surface area contributed by atoms with Crippen molar-refractivity contribution in [3.8, 4) is 24.7 Å². The zero-order chi connectivity index (χ0) is 41.2. The van der Waals surface area contributed by atoms with Crippen molar-refractivity contribution in [1.82, 2.24) is 20.4 Å². The molecule has 0 aliphatic carbocycles. The molecule has 4 heterocycles. The van der Waals surface area contributed by atoms with E-state index in [-0.39, 0.29) is 35.6 Å². The normalized spacial score (nSPS) is 16.5. The van der Waals surface area contributed by atoms with Crippen LogP contribution in [0.5, 0.6) is 0 Å². The number of hydrogen-bond donors (Lipinski definition) is 2. The molecule has 0 aromatic heterocycles. The minimum atomic E-state index is -0.0945. The molecule has 4 aliphatic heterocycles. The van der Waals surface area contributed by atoms with Gasteiger partial charge in [-0.1, -0.05) is 13.8 Å². The predicted molar refractivity (Wildman–Crippen MR) is 220 cm³/mol. The van der Waals surface area contributed by atoms with Crippen molar-refractivity contribution in [1.29, 1.82) is 0 Å². The van der Waals surface area contributed by atoms with Crippen LogP contribution < -0.4 is 10.6 Å². The van der Waals surface area contributed by atoms with Gasteiger partial charge in [-0.15, -0.1) is 24.7 Å². The van der Waals surface area contributed by atoms with Gasteiger partial charge in [-0.05, 0) is 78.6 Å². The maximum Gasteiger partial charge on any atom is 0.309 e.